The highest BCUT2D eigenvalue weighted by Gasteiger charge is 2.04. The first kappa shape index (κ1) is 11.7. The van der Waals surface area contributed by atoms with E-state index in [1.54, 1.807) is 37.6 Å². The standard InChI is InChI=1S/C12H11BrN2O2/c1-16-12-7-9(4-5-15-12)17-11-6-8(14)2-3-10(11)13/h2-7H,14H2,1H3. The number of pyridine rings is 1. The zero-order valence-corrected chi connectivity index (χ0v) is 10.8. The van der Waals surface area contributed by atoms with E-state index in [0.29, 0.717) is 23.1 Å². The van der Waals surface area contributed by atoms with Crippen molar-refractivity contribution in [1.29, 1.82) is 0 Å². The summed E-state index contributed by atoms with van der Waals surface area (Å²) in [7, 11) is 1.56. The van der Waals surface area contributed by atoms with Gasteiger partial charge in [-0.3, -0.25) is 0 Å². The van der Waals surface area contributed by atoms with Crippen LogP contribution in [0.25, 0.3) is 0 Å². The SMILES string of the molecule is COc1cc(Oc2cc(N)ccc2Br)ccn1. The van der Waals surface area contributed by atoms with E-state index in [1.807, 2.05) is 6.07 Å². The number of hydrogen-bond acceptors (Lipinski definition) is 4. The second kappa shape index (κ2) is 5.05. The molecular weight excluding hydrogens is 284 g/mol. The highest BCUT2D eigenvalue weighted by molar-refractivity contribution is 9.10. The Bertz CT molecular complexity index is 532. The number of nitrogens with zero attached hydrogens (tertiary/aromatic N) is 1. The molecule has 0 fully saturated rings. The van der Waals surface area contributed by atoms with Crippen LogP contribution >= 0.6 is 15.9 Å². The molecule has 1 aromatic heterocycles. The van der Waals surface area contributed by atoms with Gasteiger partial charge in [0.1, 0.15) is 11.5 Å². The van der Waals surface area contributed by atoms with Gasteiger partial charge in [-0.2, -0.15) is 0 Å². The molecule has 2 rings (SSSR count). The number of halogens is 1. The average Bonchev–Trinajstić information content (AvgIpc) is 2.34. The molecule has 4 nitrogen and oxygen atoms in total. The molecule has 1 heterocycles. The zero-order chi connectivity index (χ0) is 12.3. The highest BCUT2D eigenvalue weighted by atomic mass is 79.9. The number of hydrogen-bond donors (Lipinski definition) is 1. The number of aromatic nitrogens is 1. The van der Waals surface area contributed by atoms with Crippen molar-refractivity contribution in [3.63, 3.8) is 0 Å². The molecule has 0 bridgehead atoms. The van der Waals surface area contributed by atoms with Crippen LogP contribution in [0.15, 0.2) is 41.0 Å². The maximum atomic E-state index is 5.70. The fraction of sp³-hybridized carbons (Fsp3) is 0.0833. The molecule has 2 aromatic rings. The van der Waals surface area contributed by atoms with Crippen LogP contribution in [-0.2, 0) is 0 Å². The molecule has 0 atom stereocenters. The van der Waals surface area contributed by atoms with Crippen molar-refractivity contribution in [2.24, 2.45) is 0 Å². The molecule has 0 saturated carbocycles. The summed E-state index contributed by atoms with van der Waals surface area (Å²) in [5.41, 5.74) is 6.34. The number of anilines is 1. The zero-order valence-electron chi connectivity index (χ0n) is 9.18. The number of rotatable bonds is 3. The van der Waals surface area contributed by atoms with Crippen molar-refractivity contribution >= 4 is 21.6 Å². The van der Waals surface area contributed by atoms with E-state index in [9.17, 15) is 0 Å². The lowest BCUT2D eigenvalue weighted by molar-refractivity contribution is 0.392. The van der Waals surface area contributed by atoms with E-state index in [1.165, 1.54) is 0 Å². The first-order valence-electron chi connectivity index (χ1n) is 4.92. The Labute approximate surface area is 108 Å². The van der Waals surface area contributed by atoms with Crippen molar-refractivity contribution in [2.75, 3.05) is 12.8 Å². The van der Waals surface area contributed by atoms with Gasteiger partial charge in [-0.15, -0.1) is 0 Å². The maximum Gasteiger partial charge on any atom is 0.216 e. The Morgan fingerprint density at radius 1 is 1.24 bits per heavy atom. The number of nitrogens with two attached hydrogens (primary N) is 1. The summed E-state index contributed by atoms with van der Waals surface area (Å²) in [6.45, 7) is 0. The molecular formula is C12H11BrN2O2. The summed E-state index contributed by atoms with van der Waals surface area (Å²) < 4.78 is 11.5. The number of benzene rings is 1. The molecule has 0 unspecified atom stereocenters. The van der Waals surface area contributed by atoms with E-state index in [4.69, 9.17) is 15.2 Å². The van der Waals surface area contributed by atoms with Gasteiger partial charge in [0.2, 0.25) is 5.88 Å². The van der Waals surface area contributed by atoms with Crippen molar-refractivity contribution in [3.05, 3.63) is 41.0 Å². The fourth-order valence-electron chi connectivity index (χ4n) is 1.29. The summed E-state index contributed by atoms with van der Waals surface area (Å²) in [6, 6.07) is 8.83. The molecule has 2 N–H and O–H groups in total. The Morgan fingerprint density at radius 2 is 2.06 bits per heavy atom. The van der Waals surface area contributed by atoms with Gasteiger partial charge in [0.05, 0.1) is 11.6 Å². The smallest absolute Gasteiger partial charge is 0.216 e. The van der Waals surface area contributed by atoms with Gasteiger partial charge in [0, 0.05) is 24.0 Å². The largest absolute Gasteiger partial charge is 0.481 e. The van der Waals surface area contributed by atoms with Gasteiger partial charge in [0.15, 0.2) is 0 Å². The third-order valence-corrected chi connectivity index (χ3v) is 2.75. The molecule has 0 radical (unpaired) electrons. The van der Waals surface area contributed by atoms with Crippen LogP contribution in [0.5, 0.6) is 17.4 Å². The normalized spacial score (nSPS) is 10.0. The lowest BCUT2D eigenvalue weighted by Gasteiger charge is -2.09. The van der Waals surface area contributed by atoms with Gasteiger partial charge in [0.25, 0.3) is 0 Å². The number of methoxy groups -OCH3 is 1. The van der Waals surface area contributed by atoms with Crippen molar-refractivity contribution in [1.82, 2.24) is 4.98 Å². The minimum Gasteiger partial charge on any atom is -0.481 e. The first-order chi connectivity index (χ1) is 8.19. The second-order valence-electron chi connectivity index (χ2n) is 3.33. The van der Waals surface area contributed by atoms with Crippen molar-refractivity contribution in [3.8, 4) is 17.4 Å². The monoisotopic (exact) mass is 294 g/mol. The van der Waals surface area contributed by atoms with Gasteiger partial charge in [-0.1, -0.05) is 0 Å². The Kier molecular flexibility index (Phi) is 3.49. The van der Waals surface area contributed by atoms with E-state index in [0.717, 1.165) is 4.47 Å². The van der Waals surface area contributed by atoms with Crippen LogP contribution < -0.4 is 15.2 Å². The molecule has 17 heavy (non-hydrogen) atoms. The van der Waals surface area contributed by atoms with Gasteiger partial charge in [-0.05, 0) is 34.1 Å². The molecule has 0 aliphatic carbocycles. The topological polar surface area (TPSA) is 57.4 Å². The Morgan fingerprint density at radius 3 is 2.82 bits per heavy atom. The molecule has 1 aromatic carbocycles. The maximum absolute atomic E-state index is 5.70. The number of ether oxygens (including phenoxy) is 2. The third-order valence-electron chi connectivity index (χ3n) is 2.10. The summed E-state index contributed by atoms with van der Waals surface area (Å²) >= 11 is 3.40. The molecule has 88 valence electrons. The molecule has 0 spiro atoms. The molecule has 0 aliphatic heterocycles. The lowest BCUT2D eigenvalue weighted by Crippen LogP contribution is -1.91. The van der Waals surface area contributed by atoms with Crippen LogP contribution in [0, 0.1) is 0 Å². The van der Waals surface area contributed by atoms with Crippen LogP contribution in [0.4, 0.5) is 5.69 Å². The van der Waals surface area contributed by atoms with Crippen LogP contribution in [0.2, 0.25) is 0 Å². The van der Waals surface area contributed by atoms with E-state index < -0.39 is 0 Å². The minimum absolute atomic E-state index is 0.502. The molecule has 0 amide bonds. The van der Waals surface area contributed by atoms with Gasteiger partial charge < -0.3 is 15.2 Å². The summed E-state index contributed by atoms with van der Waals surface area (Å²) in [4.78, 5) is 4.00. The number of nitrogen functional groups attached to an aromatic ring is 1. The van der Waals surface area contributed by atoms with Crippen molar-refractivity contribution < 1.29 is 9.47 Å². The predicted molar refractivity (Wildman–Crippen MR) is 69.4 cm³/mol. The van der Waals surface area contributed by atoms with Gasteiger partial charge in [-0.25, -0.2) is 4.98 Å². The predicted octanol–water partition coefficient (Wildman–Crippen LogP) is 3.23. The Hall–Kier alpha value is -1.75. The summed E-state index contributed by atoms with van der Waals surface area (Å²) in [5, 5.41) is 0. The first-order valence-corrected chi connectivity index (χ1v) is 5.71. The highest BCUT2D eigenvalue weighted by Crippen LogP contribution is 2.32. The fourth-order valence-corrected chi connectivity index (χ4v) is 1.62. The molecule has 0 saturated heterocycles. The minimum atomic E-state index is 0.502. The van der Waals surface area contributed by atoms with Crippen molar-refractivity contribution in [2.45, 2.75) is 0 Å². The average molecular weight is 295 g/mol. The second-order valence-corrected chi connectivity index (χ2v) is 4.18. The third kappa shape index (κ3) is 2.88. The molecule has 5 heteroatoms. The summed E-state index contributed by atoms with van der Waals surface area (Å²) in [5.74, 6) is 1.80. The van der Waals surface area contributed by atoms with Gasteiger partial charge >= 0.3 is 0 Å². The Balaban J connectivity index is 2.27. The van der Waals surface area contributed by atoms with E-state index in [2.05, 4.69) is 20.9 Å². The quantitative estimate of drug-likeness (QED) is 0.883. The van der Waals surface area contributed by atoms with E-state index >= 15 is 0 Å². The van der Waals surface area contributed by atoms with Crippen LogP contribution in [0.1, 0.15) is 0 Å². The lowest BCUT2D eigenvalue weighted by atomic mass is 10.3. The molecule has 0 aliphatic rings. The van der Waals surface area contributed by atoms with Crippen LogP contribution in [-0.4, -0.2) is 12.1 Å². The van der Waals surface area contributed by atoms with E-state index in [-0.39, 0.29) is 0 Å². The summed E-state index contributed by atoms with van der Waals surface area (Å²) in [6.07, 6.45) is 1.62. The van der Waals surface area contributed by atoms with Crippen LogP contribution in [0.3, 0.4) is 0 Å².